The smallest absolute Gasteiger partial charge is 0.138 e. The Morgan fingerprint density at radius 2 is 2.31 bits per heavy atom. The van der Waals surface area contributed by atoms with Crippen molar-refractivity contribution in [1.82, 2.24) is 4.90 Å². The van der Waals surface area contributed by atoms with Crippen LogP contribution in [0.4, 0.5) is 15.8 Å². The number of benzene rings is 1. The SMILES string of the molecule is CN1CCC(Nc2cc(F)c(I)cc2N)C1. The molecule has 1 aromatic carbocycles. The fraction of sp³-hybridized carbons (Fsp3) is 0.455. The monoisotopic (exact) mass is 335 g/mol. The minimum absolute atomic E-state index is 0.219. The molecule has 5 heteroatoms. The van der Waals surface area contributed by atoms with Gasteiger partial charge in [0.2, 0.25) is 0 Å². The summed E-state index contributed by atoms with van der Waals surface area (Å²) in [5, 5.41) is 3.30. The number of nitrogens with two attached hydrogens (primary N) is 1. The van der Waals surface area contributed by atoms with Crippen LogP contribution in [0.25, 0.3) is 0 Å². The van der Waals surface area contributed by atoms with Crippen LogP contribution in [-0.4, -0.2) is 31.1 Å². The molecule has 1 aliphatic heterocycles. The van der Waals surface area contributed by atoms with Crippen molar-refractivity contribution in [3.63, 3.8) is 0 Å². The molecule has 0 spiro atoms. The van der Waals surface area contributed by atoms with Gasteiger partial charge in [-0.1, -0.05) is 0 Å². The highest BCUT2D eigenvalue weighted by Gasteiger charge is 2.20. The normalized spacial score (nSPS) is 21.3. The van der Waals surface area contributed by atoms with Gasteiger partial charge in [0, 0.05) is 18.7 Å². The quantitative estimate of drug-likeness (QED) is 0.643. The van der Waals surface area contributed by atoms with Gasteiger partial charge in [-0.25, -0.2) is 4.39 Å². The summed E-state index contributed by atoms with van der Waals surface area (Å²) in [4.78, 5) is 2.25. The van der Waals surface area contributed by atoms with E-state index in [0.717, 1.165) is 19.5 Å². The Morgan fingerprint density at radius 1 is 1.56 bits per heavy atom. The fourth-order valence-electron chi connectivity index (χ4n) is 1.96. The van der Waals surface area contributed by atoms with E-state index in [1.807, 2.05) is 22.6 Å². The van der Waals surface area contributed by atoms with Crippen molar-refractivity contribution in [1.29, 1.82) is 0 Å². The molecular weight excluding hydrogens is 320 g/mol. The third-order valence-corrected chi connectivity index (χ3v) is 3.67. The van der Waals surface area contributed by atoms with E-state index in [9.17, 15) is 4.39 Å². The Morgan fingerprint density at radius 3 is 2.94 bits per heavy atom. The highest BCUT2D eigenvalue weighted by Crippen LogP contribution is 2.25. The summed E-state index contributed by atoms with van der Waals surface area (Å²) in [5.41, 5.74) is 7.17. The van der Waals surface area contributed by atoms with E-state index < -0.39 is 0 Å². The van der Waals surface area contributed by atoms with Crippen LogP contribution < -0.4 is 11.1 Å². The first-order valence-electron chi connectivity index (χ1n) is 5.26. The minimum atomic E-state index is -0.219. The number of nitrogen functional groups attached to an aromatic ring is 1. The van der Waals surface area contributed by atoms with Crippen molar-refractivity contribution < 1.29 is 4.39 Å². The molecular formula is C11H15FIN3. The zero-order valence-electron chi connectivity index (χ0n) is 9.13. The second kappa shape index (κ2) is 4.75. The molecule has 1 atom stereocenters. The van der Waals surface area contributed by atoms with Gasteiger partial charge in [0.25, 0.3) is 0 Å². The summed E-state index contributed by atoms with van der Waals surface area (Å²) in [6.45, 7) is 2.05. The maximum absolute atomic E-state index is 13.4. The van der Waals surface area contributed by atoms with Crippen molar-refractivity contribution in [2.75, 3.05) is 31.2 Å². The molecule has 1 fully saturated rings. The topological polar surface area (TPSA) is 41.3 Å². The number of anilines is 2. The number of hydrogen-bond donors (Lipinski definition) is 2. The molecule has 1 unspecified atom stereocenters. The third kappa shape index (κ3) is 2.57. The summed E-state index contributed by atoms with van der Waals surface area (Å²) >= 11 is 1.94. The lowest BCUT2D eigenvalue weighted by atomic mass is 10.2. The molecule has 0 amide bonds. The second-order valence-corrected chi connectivity index (χ2v) is 5.41. The molecule has 0 aromatic heterocycles. The summed E-state index contributed by atoms with van der Waals surface area (Å²) in [5.74, 6) is -0.219. The van der Waals surface area contributed by atoms with E-state index in [1.165, 1.54) is 6.07 Å². The summed E-state index contributed by atoms with van der Waals surface area (Å²) in [7, 11) is 2.08. The zero-order valence-corrected chi connectivity index (χ0v) is 11.3. The Bertz CT molecular complexity index is 397. The Labute approximate surface area is 108 Å². The van der Waals surface area contributed by atoms with E-state index in [1.54, 1.807) is 6.07 Å². The summed E-state index contributed by atoms with van der Waals surface area (Å²) in [6.07, 6.45) is 1.07. The molecule has 0 saturated carbocycles. The number of likely N-dealkylation sites (tertiary alicyclic amines) is 1. The van der Waals surface area contributed by atoms with Crippen molar-refractivity contribution >= 4 is 34.0 Å². The van der Waals surface area contributed by atoms with E-state index in [2.05, 4.69) is 17.3 Å². The molecule has 2 rings (SSSR count). The Hall–Kier alpha value is -0.560. The van der Waals surface area contributed by atoms with Crippen molar-refractivity contribution in [3.05, 3.63) is 21.5 Å². The van der Waals surface area contributed by atoms with Crippen LogP contribution in [0.15, 0.2) is 12.1 Å². The predicted octanol–water partition coefficient (Wildman–Crippen LogP) is 2.13. The van der Waals surface area contributed by atoms with Crippen LogP contribution in [0.1, 0.15) is 6.42 Å². The lowest BCUT2D eigenvalue weighted by Crippen LogP contribution is -2.24. The van der Waals surface area contributed by atoms with Crippen LogP contribution >= 0.6 is 22.6 Å². The van der Waals surface area contributed by atoms with E-state index in [4.69, 9.17) is 5.73 Å². The minimum Gasteiger partial charge on any atom is -0.397 e. The van der Waals surface area contributed by atoms with Gasteiger partial charge in [-0.2, -0.15) is 0 Å². The molecule has 0 aliphatic carbocycles. The summed E-state index contributed by atoms with van der Waals surface area (Å²) in [6, 6.07) is 3.51. The average molecular weight is 335 g/mol. The Kier molecular flexibility index (Phi) is 3.53. The zero-order chi connectivity index (χ0) is 11.7. The highest BCUT2D eigenvalue weighted by atomic mass is 127. The van der Waals surface area contributed by atoms with Gasteiger partial charge in [0.05, 0.1) is 14.9 Å². The maximum atomic E-state index is 13.4. The average Bonchev–Trinajstić information content (AvgIpc) is 2.60. The van der Waals surface area contributed by atoms with E-state index in [-0.39, 0.29) is 5.82 Å². The van der Waals surface area contributed by atoms with Crippen LogP contribution in [0.5, 0.6) is 0 Å². The first kappa shape index (κ1) is 11.9. The largest absolute Gasteiger partial charge is 0.397 e. The number of hydrogen-bond acceptors (Lipinski definition) is 3. The molecule has 3 nitrogen and oxygen atoms in total. The molecule has 1 heterocycles. The molecule has 0 radical (unpaired) electrons. The molecule has 1 aromatic rings. The first-order chi connectivity index (χ1) is 7.56. The molecule has 1 saturated heterocycles. The van der Waals surface area contributed by atoms with E-state index >= 15 is 0 Å². The lowest BCUT2D eigenvalue weighted by Gasteiger charge is -2.16. The number of rotatable bonds is 2. The first-order valence-corrected chi connectivity index (χ1v) is 6.33. The van der Waals surface area contributed by atoms with Gasteiger partial charge in [-0.15, -0.1) is 0 Å². The van der Waals surface area contributed by atoms with Gasteiger partial charge < -0.3 is 16.0 Å². The number of halogens is 2. The van der Waals surface area contributed by atoms with E-state index in [0.29, 0.717) is 21.0 Å². The molecule has 88 valence electrons. The molecule has 3 N–H and O–H groups in total. The van der Waals surface area contributed by atoms with Gasteiger partial charge in [-0.3, -0.25) is 0 Å². The van der Waals surface area contributed by atoms with Gasteiger partial charge in [0.15, 0.2) is 0 Å². The van der Waals surface area contributed by atoms with Crippen molar-refractivity contribution in [2.24, 2.45) is 0 Å². The second-order valence-electron chi connectivity index (χ2n) is 4.25. The number of nitrogens with one attached hydrogen (secondary N) is 1. The predicted molar refractivity (Wildman–Crippen MR) is 73.1 cm³/mol. The molecule has 16 heavy (non-hydrogen) atoms. The van der Waals surface area contributed by atoms with Crippen LogP contribution in [0.3, 0.4) is 0 Å². The number of likely N-dealkylation sites (N-methyl/N-ethyl adjacent to an activating group) is 1. The number of nitrogens with zero attached hydrogens (tertiary/aromatic N) is 1. The van der Waals surface area contributed by atoms with Crippen molar-refractivity contribution in [2.45, 2.75) is 12.5 Å². The van der Waals surface area contributed by atoms with Crippen LogP contribution in [0.2, 0.25) is 0 Å². The molecule has 0 bridgehead atoms. The van der Waals surface area contributed by atoms with Crippen molar-refractivity contribution in [3.8, 4) is 0 Å². The Balaban J connectivity index is 2.12. The maximum Gasteiger partial charge on any atom is 0.138 e. The van der Waals surface area contributed by atoms with Gasteiger partial charge in [0.1, 0.15) is 5.82 Å². The van der Waals surface area contributed by atoms with Gasteiger partial charge in [-0.05, 0) is 48.7 Å². The van der Waals surface area contributed by atoms with Crippen LogP contribution in [0, 0.1) is 9.39 Å². The standard InChI is InChI=1S/C11H15FIN3/c1-16-3-2-7(6-16)15-11-4-8(12)9(13)5-10(11)14/h4-5,7,15H,2-3,6,14H2,1H3. The summed E-state index contributed by atoms with van der Waals surface area (Å²) < 4.78 is 14.0. The third-order valence-electron chi connectivity index (χ3n) is 2.84. The van der Waals surface area contributed by atoms with Gasteiger partial charge >= 0.3 is 0 Å². The van der Waals surface area contributed by atoms with Crippen LogP contribution in [-0.2, 0) is 0 Å². The highest BCUT2D eigenvalue weighted by molar-refractivity contribution is 14.1. The lowest BCUT2D eigenvalue weighted by molar-refractivity contribution is 0.414. The fourth-order valence-corrected chi connectivity index (χ4v) is 2.45. The molecule has 1 aliphatic rings.